The minimum atomic E-state index is -3.81. The Morgan fingerprint density at radius 1 is 1.00 bits per heavy atom. The molecular weight excluding hydrogens is 352 g/mol. The lowest BCUT2D eigenvalue weighted by Crippen LogP contribution is -2.52. The van der Waals surface area contributed by atoms with Crippen molar-refractivity contribution in [2.45, 2.75) is 13.0 Å². The Morgan fingerprint density at radius 3 is 2.35 bits per heavy atom. The van der Waals surface area contributed by atoms with Crippen LogP contribution in [0.2, 0.25) is 0 Å². The van der Waals surface area contributed by atoms with Crippen LogP contribution < -0.4 is 4.72 Å². The molecule has 7 nitrogen and oxygen atoms in total. The lowest BCUT2D eigenvalue weighted by Gasteiger charge is -2.33. The fourth-order valence-corrected chi connectivity index (χ4v) is 4.04. The molecule has 0 atom stereocenters. The van der Waals surface area contributed by atoms with E-state index in [1.807, 2.05) is 18.2 Å². The third-order valence-electron chi connectivity index (χ3n) is 4.25. The summed E-state index contributed by atoms with van der Waals surface area (Å²) < 4.78 is 28.3. The van der Waals surface area contributed by atoms with Gasteiger partial charge in [-0.25, -0.2) is 4.72 Å². The summed E-state index contributed by atoms with van der Waals surface area (Å²) in [4.78, 5) is 18.1. The standard InChI is InChI=1S/C18H22N4O3S/c23-18(13-17-7-4-8-19-14-17)20-26(24,25)22-11-9-21(10-12-22)15-16-5-2-1-3-6-16/h1-8,14H,9-13,15H2,(H,20,23). The van der Waals surface area contributed by atoms with Gasteiger partial charge in [0.2, 0.25) is 5.91 Å². The highest BCUT2D eigenvalue weighted by atomic mass is 32.2. The fourth-order valence-electron chi connectivity index (χ4n) is 2.90. The molecule has 26 heavy (non-hydrogen) atoms. The Hall–Kier alpha value is -2.29. The molecule has 1 amide bonds. The van der Waals surface area contributed by atoms with Crippen molar-refractivity contribution in [3.63, 3.8) is 0 Å². The first-order valence-electron chi connectivity index (χ1n) is 8.49. The highest BCUT2D eigenvalue weighted by Gasteiger charge is 2.28. The number of nitrogens with one attached hydrogen (secondary N) is 1. The number of carbonyl (C=O) groups is 1. The van der Waals surface area contributed by atoms with Gasteiger partial charge in [0, 0.05) is 45.1 Å². The van der Waals surface area contributed by atoms with E-state index >= 15 is 0 Å². The molecule has 1 N–H and O–H groups in total. The second-order valence-corrected chi connectivity index (χ2v) is 7.90. The van der Waals surface area contributed by atoms with Crippen molar-refractivity contribution in [2.24, 2.45) is 0 Å². The van der Waals surface area contributed by atoms with E-state index in [2.05, 4.69) is 26.7 Å². The van der Waals surface area contributed by atoms with E-state index in [0.717, 1.165) is 6.54 Å². The van der Waals surface area contributed by atoms with E-state index in [9.17, 15) is 13.2 Å². The molecule has 0 bridgehead atoms. The van der Waals surface area contributed by atoms with E-state index in [-0.39, 0.29) is 6.42 Å². The highest BCUT2D eigenvalue weighted by Crippen LogP contribution is 2.10. The summed E-state index contributed by atoms with van der Waals surface area (Å²) in [7, 11) is -3.81. The molecule has 1 aliphatic heterocycles. The van der Waals surface area contributed by atoms with Crippen LogP contribution in [0.3, 0.4) is 0 Å². The lowest BCUT2D eigenvalue weighted by atomic mass is 10.2. The largest absolute Gasteiger partial charge is 0.303 e. The molecular formula is C18H22N4O3S. The van der Waals surface area contributed by atoms with Crippen molar-refractivity contribution >= 4 is 16.1 Å². The number of benzene rings is 1. The minimum Gasteiger partial charge on any atom is -0.296 e. The maximum Gasteiger partial charge on any atom is 0.303 e. The molecule has 0 unspecified atom stereocenters. The molecule has 0 saturated carbocycles. The number of nitrogens with zero attached hydrogens (tertiary/aromatic N) is 3. The van der Waals surface area contributed by atoms with E-state index < -0.39 is 16.1 Å². The van der Waals surface area contributed by atoms with Crippen molar-refractivity contribution in [3.05, 3.63) is 66.0 Å². The molecule has 0 aliphatic carbocycles. The summed E-state index contributed by atoms with van der Waals surface area (Å²) in [6.07, 6.45) is 3.14. The molecule has 1 fully saturated rings. The Kier molecular flexibility index (Phi) is 5.97. The van der Waals surface area contributed by atoms with E-state index in [0.29, 0.717) is 31.7 Å². The second kappa shape index (κ2) is 8.39. The molecule has 1 aromatic heterocycles. The number of hydrogen-bond acceptors (Lipinski definition) is 5. The molecule has 8 heteroatoms. The Bertz CT molecular complexity index is 820. The number of amides is 1. The van der Waals surface area contributed by atoms with Crippen molar-refractivity contribution in [3.8, 4) is 0 Å². The summed E-state index contributed by atoms with van der Waals surface area (Å²) >= 11 is 0. The van der Waals surface area contributed by atoms with Gasteiger partial charge in [0.15, 0.2) is 0 Å². The van der Waals surface area contributed by atoms with Crippen LogP contribution in [0.25, 0.3) is 0 Å². The average molecular weight is 374 g/mol. The van der Waals surface area contributed by atoms with Crippen molar-refractivity contribution in [2.75, 3.05) is 26.2 Å². The van der Waals surface area contributed by atoms with Crippen molar-refractivity contribution in [1.82, 2.24) is 18.9 Å². The van der Waals surface area contributed by atoms with Gasteiger partial charge in [-0.1, -0.05) is 36.4 Å². The van der Waals surface area contributed by atoms with E-state index in [1.54, 1.807) is 24.5 Å². The van der Waals surface area contributed by atoms with Gasteiger partial charge in [-0.05, 0) is 17.2 Å². The van der Waals surface area contributed by atoms with Gasteiger partial charge in [0.1, 0.15) is 0 Å². The molecule has 1 saturated heterocycles. The Morgan fingerprint density at radius 2 is 1.69 bits per heavy atom. The second-order valence-electron chi connectivity index (χ2n) is 6.23. The molecule has 0 spiro atoms. The quantitative estimate of drug-likeness (QED) is 0.809. The summed E-state index contributed by atoms with van der Waals surface area (Å²) in [5.41, 5.74) is 1.88. The Labute approximate surface area is 153 Å². The minimum absolute atomic E-state index is 0.0129. The maximum absolute atomic E-state index is 12.4. The Balaban J connectivity index is 1.50. The van der Waals surface area contributed by atoms with Crippen LogP contribution in [0, 0.1) is 0 Å². The van der Waals surface area contributed by atoms with Crippen molar-refractivity contribution in [1.29, 1.82) is 0 Å². The fraction of sp³-hybridized carbons (Fsp3) is 0.333. The number of hydrogen-bond donors (Lipinski definition) is 1. The molecule has 2 heterocycles. The lowest BCUT2D eigenvalue weighted by molar-refractivity contribution is -0.118. The van der Waals surface area contributed by atoms with Crippen LogP contribution in [0.4, 0.5) is 0 Å². The van der Waals surface area contributed by atoms with Gasteiger partial charge < -0.3 is 0 Å². The summed E-state index contributed by atoms with van der Waals surface area (Å²) in [5.74, 6) is -0.551. The number of rotatable bonds is 6. The van der Waals surface area contributed by atoms with Gasteiger partial charge in [0.05, 0.1) is 6.42 Å². The maximum atomic E-state index is 12.4. The average Bonchev–Trinajstić information content (AvgIpc) is 2.63. The van der Waals surface area contributed by atoms with Crippen molar-refractivity contribution < 1.29 is 13.2 Å². The number of pyridine rings is 1. The molecule has 1 aliphatic rings. The predicted octanol–water partition coefficient (Wildman–Crippen LogP) is 0.803. The summed E-state index contributed by atoms with van der Waals surface area (Å²) in [6.45, 7) is 2.78. The first-order valence-corrected chi connectivity index (χ1v) is 9.93. The van der Waals surface area contributed by atoms with Gasteiger partial charge >= 0.3 is 10.2 Å². The summed E-state index contributed by atoms with van der Waals surface area (Å²) in [6, 6.07) is 13.5. The topological polar surface area (TPSA) is 82.6 Å². The highest BCUT2D eigenvalue weighted by molar-refractivity contribution is 7.87. The summed E-state index contributed by atoms with van der Waals surface area (Å²) in [5, 5.41) is 0. The zero-order valence-corrected chi connectivity index (χ0v) is 15.2. The molecule has 3 rings (SSSR count). The van der Waals surface area contributed by atoms with Crippen LogP contribution in [-0.2, 0) is 28.0 Å². The van der Waals surface area contributed by atoms with Gasteiger partial charge in [-0.3, -0.25) is 14.7 Å². The van der Waals surface area contributed by atoms with E-state index in [4.69, 9.17) is 0 Å². The zero-order chi connectivity index (χ0) is 18.4. The SMILES string of the molecule is O=C(Cc1cccnc1)NS(=O)(=O)N1CCN(Cc2ccccc2)CC1. The number of carbonyl (C=O) groups excluding carboxylic acids is 1. The predicted molar refractivity (Wildman–Crippen MR) is 98.3 cm³/mol. The molecule has 2 aromatic rings. The molecule has 0 radical (unpaired) electrons. The monoisotopic (exact) mass is 374 g/mol. The van der Waals surface area contributed by atoms with Gasteiger partial charge in [0.25, 0.3) is 0 Å². The molecule has 1 aromatic carbocycles. The third kappa shape index (κ3) is 5.10. The zero-order valence-electron chi connectivity index (χ0n) is 14.4. The first kappa shape index (κ1) is 18.5. The van der Waals surface area contributed by atoms with Gasteiger partial charge in [-0.15, -0.1) is 0 Å². The van der Waals surface area contributed by atoms with Crippen LogP contribution in [-0.4, -0.2) is 54.7 Å². The van der Waals surface area contributed by atoms with Crippen LogP contribution >= 0.6 is 0 Å². The van der Waals surface area contributed by atoms with E-state index in [1.165, 1.54) is 9.87 Å². The van der Waals surface area contributed by atoms with Crippen LogP contribution in [0.5, 0.6) is 0 Å². The first-order chi connectivity index (χ1) is 12.5. The molecule has 138 valence electrons. The van der Waals surface area contributed by atoms with Crippen LogP contribution in [0.1, 0.15) is 11.1 Å². The number of piperazine rings is 1. The van der Waals surface area contributed by atoms with Gasteiger partial charge in [-0.2, -0.15) is 12.7 Å². The van der Waals surface area contributed by atoms with Crippen LogP contribution in [0.15, 0.2) is 54.9 Å². The normalized spacial score (nSPS) is 16.3. The third-order valence-corrected chi connectivity index (χ3v) is 5.78. The number of aromatic nitrogens is 1. The smallest absolute Gasteiger partial charge is 0.296 e.